The zero-order valence-electron chi connectivity index (χ0n) is 6.66. The van der Waals surface area contributed by atoms with Gasteiger partial charge < -0.3 is 0 Å². The Bertz CT molecular complexity index is 339. The van der Waals surface area contributed by atoms with Gasteiger partial charge in [0, 0.05) is 0 Å². The number of hydrogen-bond acceptors (Lipinski definition) is 2. The van der Waals surface area contributed by atoms with Crippen molar-refractivity contribution in [2.75, 3.05) is 0 Å². The van der Waals surface area contributed by atoms with Gasteiger partial charge in [0.15, 0.2) is 0 Å². The number of carbonyl (C=O) groups excluding carboxylic acids is 1. The molecule has 0 radical (unpaired) electrons. The van der Waals surface area contributed by atoms with Crippen molar-refractivity contribution in [1.29, 1.82) is 0 Å². The molecular weight excluding hydrogens is 150 g/mol. The molecule has 1 atom stereocenters. The van der Waals surface area contributed by atoms with Crippen molar-refractivity contribution in [3.05, 3.63) is 35.4 Å². The van der Waals surface area contributed by atoms with Crippen molar-refractivity contribution in [3.63, 3.8) is 0 Å². The first-order chi connectivity index (χ1) is 5.92. The molecule has 0 heterocycles. The number of aryl methyl sites for hydroxylation is 1. The molecule has 0 fully saturated rings. The quantitative estimate of drug-likeness (QED) is 0.455. The molecule has 1 aliphatic carbocycles. The van der Waals surface area contributed by atoms with Crippen molar-refractivity contribution in [3.8, 4) is 0 Å². The molecule has 1 aromatic rings. The molecular formula is C10H9NO. The van der Waals surface area contributed by atoms with Crippen LogP contribution in [0.4, 0.5) is 0 Å². The lowest BCUT2D eigenvalue weighted by molar-refractivity contribution is 0.557. The molecule has 2 heteroatoms. The molecule has 2 rings (SSSR count). The summed E-state index contributed by atoms with van der Waals surface area (Å²) in [6, 6.07) is 8.20. The highest BCUT2D eigenvalue weighted by molar-refractivity contribution is 5.40. The Labute approximate surface area is 70.9 Å². The summed E-state index contributed by atoms with van der Waals surface area (Å²) >= 11 is 0. The van der Waals surface area contributed by atoms with Gasteiger partial charge in [-0.15, -0.1) is 0 Å². The molecule has 0 saturated carbocycles. The minimum atomic E-state index is 0.0682. The Hall–Kier alpha value is -1.40. The Balaban J connectivity index is 2.42. The lowest BCUT2D eigenvalue weighted by Gasteiger charge is -2.01. The third-order valence-electron chi connectivity index (χ3n) is 2.31. The van der Waals surface area contributed by atoms with E-state index in [1.54, 1.807) is 6.08 Å². The van der Waals surface area contributed by atoms with Gasteiger partial charge in [0.05, 0.1) is 6.04 Å². The molecule has 1 unspecified atom stereocenters. The summed E-state index contributed by atoms with van der Waals surface area (Å²) < 4.78 is 0. The monoisotopic (exact) mass is 159 g/mol. The lowest BCUT2D eigenvalue weighted by atomic mass is 10.1. The third-order valence-corrected chi connectivity index (χ3v) is 2.31. The number of isocyanates is 1. The van der Waals surface area contributed by atoms with E-state index in [-0.39, 0.29) is 6.04 Å². The molecule has 0 spiro atoms. The highest BCUT2D eigenvalue weighted by atomic mass is 16.1. The Morgan fingerprint density at radius 3 is 3.08 bits per heavy atom. The standard InChI is InChI=1S/C10H9NO/c12-7-11-10-6-5-8-3-1-2-4-9(8)10/h1-4,10H,5-6H2. The van der Waals surface area contributed by atoms with E-state index < -0.39 is 0 Å². The minimum Gasteiger partial charge on any atom is -0.211 e. The van der Waals surface area contributed by atoms with Gasteiger partial charge in [-0.3, -0.25) is 0 Å². The van der Waals surface area contributed by atoms with Crippen LogP contribution in [-0.2, 0) is 11.2 Å². The predicted molar refractivity (Wildman–Crippen MR) is 45.6 cm³/mol. The average Bonchev–Trinajstić information content (AvgIpc) is 2.50. The summed E-state index contributed by atoms with van der Waals surface area (Å²) in [5.74, 6) is 0. The number of nitrogens with zero attached hydrogens (tertiary/aromatic N) is 1. The maximum atomic E-state index is 10.1. The zero-order valence-corrected chi connectivity index (χ0v) is 6.66. The molecule has 0 aliphatic heterocycles. The molecule has 1 aromatic carbocycles. The fourth-order valence-electron chi connectivity index (χ4n) is 1.73. The lowest BCUT2D eigenvalue weighted by Crippen LogP contribution is -1.86. The fourth-order valence-corrected chi connectivity index (χ4v) is 1.73. The van der Waals surface area contributed by atoms with Crippen LogP contribution in [0.15, 0.2) is 29.3 Å². The Morgan fingerprint density at radius 1 is 1.42 bits per heavy atom. The molecule has 2 nitrogen and oxygen atoms in total. The second-order valence-electron chi connectivity index (χ2n) is 2.97. The van der Waals surface area contributed by atoms with Crippen molar-refractivity contribution < 1.29 is 4.79 Å². The third kappa shape index (κ3) is 1.06. The normalized spacial score (nSPS) is 19.8. The average molecular weight is 159 g/mol. The van der Waals surface area contributed by atoms with E-state index in [9.17, 15) is 4.79 Å². The maximum Gasteiger partial charge on any atom is 0.235 e. The van der Waals surface area contributed by atoms with E-state index >= 15 is 0 Å². The molecule has 0 bridgehead atoms. The molecule has 0 aromatic heterocycles. The molecule has 0 N–H and O–H groups in total. The van der Waals surface area contributed by atoms with Crippen LogP contribution in [0.3, 0.4) is 0 Å². The van der Waals surface area contributed by atoms with Gasteiger partial charge in [0.25, 0.3) is 0 Å². The van der Waals surface area contributed by atoms with Crippen LogP contribution in [0.1, 0.15) is 23.6 Å². The summed E-state index contributed by atoms with van der Waals surface area (Å²) in [7, 11) is 0. The van der Waals surface area contributed by atoms with Crippen molar-refractivity contribution >= 4 is 6.08 Å². The molecule has 12 heavy (non-hydrogen) atoms. The number of hydrogen-bond donors (Lipinski definition) is 0. The van der Waals surface area contributed by atoms with Crippen molar-refractivity contribution in [2.24, 2.45) is 4.99 Å². The van der Waals surface area contributed by atoms with E-state index in [1.807, 2.05) is 18.2 Å². The van der Waals surface area contributed by atoms with Gasteiger partial charge in [0.1, 0.15) is 0 Å². The smallest absolute Gasteiger partial charge is 0.211 e. The number of benzene rings is 1. The summed E-state index contributed by atoms with van der Waals surface area (Å²) in [6.07, 6.45) is 3.61. The first kappa shape index (κ1) is 7.26. The second-order valence-corrected chi connectivity index (χ2v) is 2.97. The molecule has 60 valence electrons. The molecule has 0 amide bonds. The van der Waals surface area contributed by atoms with Crippen LogP contribution in [0, 0.1) is 0 Å². The number of aliphatic imine (C=N–C) groups is 1. The van der Waals surface area contributed by atoms with E-state index in [0.29, 0.717) is 0 Å². The molecule has 0 saturated heterocycles. The SMILES string of the molecule is O=C=NC1CCc2ccccc21. The van der Waals surface area contributed by atoms with E-state index in [0.717, 1.165) is 12.8 Å². The number of rotatable bonds is 1. The second kappa shape index (κ2) is 2.92. The van der Waals surface area contributed by atoms with Crippen LogP contribution in [0.5, 0.6) is 0 Å². The van der Waals surface area contributed by atoms with Crippen LogP contribution >= 0.6 is 0 Å². The van der Waals surface area contributed by atoms with E-state index in [2.05, 4.69) is 11.1 Å². The van der Waals surface area contributed by atoms with Crippen LogP contribution in [0.25, 0.3) is 0 Å². The highest BCUT2D eigenvalue weighted by Gasteiger charge is 2.20. The van der Waals surface area contributed by atoms with Gasteiger partial charge in [-0.1, -0.05) is 24.3 Å². The minimum absolute atomic E-state index is 0.0682. The van der Waals surface area contributed by atoms with Crippen LogP contribution in [0.2, 0.25) is 0 Å². The van der Waals surface area contributed by atoms with Crippen LogP contribution in [-0.4, -0.2) is 6.08 Å². The first-order valence-corrected chi connectivity index (χ1v) is 4.06. The zero-order chi connectivity index (χ0) is 8.39. The van der Waals surface area contributed by atoms with Gasteiger partial charge in [0.2, 0.25) is 6.08 Å². The fraction of sp³-hybridized carbons (Fsp3) is 0.300. The summed E-state index contributed by atoms with van der Waals surface area (Å²) in [4.78, 5) is 13.8. The first-order valence-electron chi connectivity index (χ1n) is 4.06. The van der Waals surface area contributed by atoms with Crippen molar-refractivity contribution in [1.82, 2.24) is 0 Å². The van der Waals surface area contributed by atoms with Gasteiger partial charge >= 0.3 is 0 Å². The predicted octanol–water partition coefficient (Wildman–Crippen LogP) is 2.01. The summed E-state index contributed by atoms with van der Waals surface area (Å²) in [6.45, 7) is 0. The van der Waals surface area contributed by atoms with Gasteiger partial charge in [-0.05, 0) is 24.0 Å². The molecule has 1 aliphatic rings. The topological polar surface area (TPSA) is 29.4 Å². The van der Waals surface area contributed by atoms with E-state index in [4.69, 9.17) is 0 Å². The summed E-state index contributed by atoms with van der Waals surface area (Å²) in [5, 5.41) is 0. The van der Waals surface area contributed by atoms with Gasteiger partial charge in [-0.2, -0.15) is 4.99 Å². The summed E-state index contributed by atoms with van der Waals surface area (Å²) in [5.41, 5.74) is 2.52. The largest absolute Gasteiger partial charge is 0.235 e. The van der Waals surface area contributed by atoms with E-state index in [1.165, 1.54) is 11.1 Å². The maximum absolute atomic E-state index is 10.1. The Kier molecular flexibility index (Phi) is 1.77. The Morgan fingerprint density at radius 2 is 2.25 bits per heavy atom. The van der Waals surface area contributed by atoms with Crippen molar-refractivity contribution in [2.45, 2.75) is 18.9 Å². The number of fused-ring (bicyclic) bond motifs is 1. The van der Waals surface area contributed by atoms with Gasteiger partial charge in [-0.25, -0.2) is 4.79 Å². The van der Waals surface area contributed by atoms with Crippen LogP contribution < -0.4 is 0 Å². The highest BCUT2D eigenvalue weighted by Crippen LogP contribution is 2.33.